The van der Waals surface area contributed by atoms with Crippen molar-refractivity contribution < 1.29 is 4.79 Å². The van der Waals surface area contributed by atoms with Crippen LogP contribution in [0.1, 0.15) is 36.9 Å². The van der Waals surface area contributed by atoms with Crippen molar-refractivity contribution in [3.8, 4) is 11.1 Å². The van der Waals surface area contributed by atoms with Crippen molar-refractivity contribution >= 4 is 12.0 Å². The van der Waals surface area contributed by atoms with E-state index < -0.39 is 0 Å². The Kier molecular flexibility index (Phi) is 3.78. The summed E-state index contributed by atoms with van der Waals surface area (Å²) < 4.78 is 0. The van der Waals surface area contributed by atoms with Crippen molar-refractivity contribution in [3.05, 3.63) is 53.6 Å². The van der Waals surface area contributed by atoms with E-state index in [0.29, 0.717) is 0 Å². The molecule has 0 N–H and O–H groups in total. The lowest BCUT2D eigenvalue weighted by atomic mass is 9.87. The molecular weight excluding hydrogens is 258 g/mol. The Balaban J connectivity index is 2.18. The van der Waals surface area contributed by atoms with E-state index in [0.717, 1.165) is 31.2 Å². The molecule has 108 valence electrons. The standard InChI is InChI=1S/C19H21NO/c1-3-4-11-20-18-8-6-5-7-16(18)15-10-9-14(2)12-17(15)19(20)13-21/h5-10,12-13,19H,3-4,11H2,1-2H3. The predicted molar refractivity (Wildman–Crippen MR) is 87.7 cm³/mol. The minimum Gasteiger partial charge on any atom is -0.357 e. The van der Waals surface area contributed by atoms with Crippen LogP contribution in [0.3, 0.4) is 0 Å². The molecular formula is C19H21NO. The third kappa shape index (κ3) is 2.35. The first-order valence-electron chi connectivity index (χ1n) is 7.68. The molecule has 3 rings (SSSR count). The van der Waals surface area contributed by atoms with E-state index >= 15 is 0 Å². The zero-order valence-electron chi connectivity index (χ0n) is 12.7. The number of benzene rings is 2. The number of hydrogen-bond donors (Lipinski definition) is 0. The molecule has 2 nitrogen and oxygen atoms in total. The summed E-state index contributed by atoms with van der Waals surface area (Å²) in [5, 5.41) is 0. The van der Waals surface area contributed by atoms with E-state index in [1.807, 2.05) is 0 Å². The quantitative estimate of drug-likeness (QED) is 0.767. The van der Waals surface area contributed by atoms with Crippen molar-refractivity contribution in [2.45, 2.75) is 32.7 Å². The van der Waals surface area contributed by atoms with Crippen LogP contribution in [0.4, 0.5) is 5.69 Å². The average molecular weight is 279 g/mol. The first-order valence-corrected chi connectivity index (χ1v) is 7.68. The summed E-state index contributed by atoms with van der Waals surface area (Å²) >= 11 is 0. The zero-order valence-corrected chi connectivity index (χ0v) is 12.7. The normalized spacial score (nSPS) is 16.3. The maximum atomic E-state index is 11.8. The molecule has 1 unspecified atom stereocenters. The number of hydrogen-bond acceptors (Lipinski definition) is 2. The summed E-state index contributed by atoms with van der Waals surface area (Å²) in [5.74, 6) is 0. The summed E-state index contributed by atoms with van der Waals surface area (Å²) in [6, 6.07) is 14.7. The number of aldehydes is 1. The third-order valence-electron chi connectivity index (χ3n) is 4.25. The maximum absolute atomic E-state index is 11.8. The van der Waals surface area contributed by atoms with Crippen molar-refractivity contribution in [1.29, 1.82) is 0 Å². The molecule has 1 atom stereocenters. The Labute approximate surface area is 126 Å². The summed E-state index contributed by atoms with van der Waals surface area (Å²) in [6.45, 7) is 5.19. The lowest BCUT2D eigenvalue weighted by Gasteiger charge is -2.37. The van der Waals surface area contributed by atoms with E-state index in [1.54, 1.807) is 0 Å². The number of fused-ring (bicyclic) bond motifs is 3. The predicted octanol–water partition coefficient (Wildman–Crippen LogP) is 4.52. The van der Waals surface area contributed by atoms with Gasteiger partial charge >= 0.3 is 0 Å². The Morgan fingerprint density at radius 3 is 2.71 bits per heavy atom. The summed E-state index contributed by atoms with van der Waals surface area (Å²) in [7, 11) is 0. The Morgan fingerprint density at radius 2 is 1.95 bits per heavy atom. The molecule has 0 saturated carbocycles. The highest BCUT2D eigenvalue weighted by atomic mass is 16.1. The number of carbonyl (C=O) groups excluding carboxylic acids is 1. The lowest BCUT2D eigenvalue weighted by Crippen LogP contribution is -2.34. The zero-order chi connectivity index (χ0) is 14.8. The third-order valence-corrected chi connectivity index (χ3v) is 4.25. The van der Waals surface area contributed by atoms with Crippen molar-refractivity contribution in [2.75, 3.05) is 11.4 Å². The van der Waals surface area contributed by atoms with Gasteiger partial charge in [-0.05, 0) is 30.5 Å². The van der Waals surface area contributed by atoms with Crippen LogP contribution in [0, 0.1) is 6.92 Å². The van der Waals surface area contributed by atoms with Crippen molar-refractivity contribution in [2.24, 2.45) is 0 Å². The van der Waals surface area contributed by atoms with Gasteiger partial charge in [0.1, 0.15) is 12.3 Å². The van der Waals surface area contributed by atoms with Gasteiger partial charge in [-0.25, -0.2) is 0 Å². The fourth-order valence-corrected chi connectivity index (χ4v) is 3.18. The second-order valence-corrected chi connectivity index (χ2v) is 5.74. The topological polar surface area (TPSA) is 20.3 Å². The molecule has 0 spiro atoms. The number of para-hydroxylation sites is 1. The van der Waals surface area contributed by atoms with Gasteiger partial charge in [0, 0.05) is 17.8 Å². The van der Waals surface area contributed by atoms with Crippen LogP contribution in [0.15, 0.2) is 42.5 Å². The molecule has 21 heavy (non-hydrogen) atoms. The number of rotatable bonds is 4. The number of anilines is 1. The van der Waals surface area contributed by atoms with Crippen LogP contribution in [0.2, 0.25) is 0 Å². The van der Waals surface area contributed by atoms with Gasteiger partial charge in [-0.15, -0.1) is 0 Å². The molecule has 0 bridgehead atoms. The molecule has 0 aromatic heterocycles. The first-order chi connectivity index (χ1) is 10.3. The van der Waals surface area contributed by atoms with E-state index in [4.69, 9.17) is 0 Å². The fraction of sp³-hybridized carbons (Fsp3) is 0.316. The highest BCUT2D eigenvalue weighted by Gasteiger charge is 2.30. The molecule has 2 aromatic carbocycles. The second-order valence-electron chi connectivity index (χ2n) is 5.74. The lowest BCUT2D eigenvalue weighted by molar-refractivity contribution is -0.109. The van der Waals surface area contributed by atoms with Gasteiger partial charge in [-0.2, -0.15) is 0 Å². The van der Waals surface area contributed by atoms with Crippen LogP contribution in [-0.4, -0.2) is 12.8 Å². The number of unbranched alkanes of at least 4 members (excludes halogenated alkanes) is 1. The number of aryl methyl sites for hydroxylation is 1. The van der Waals surface area contributed by atoms with Gasteiger partial charge in [0.2, 0.25) is 0 Å². The van der Waals surface area contributed by atoms with Crippen LogP contribution in [0.5, 0.6) is 0 Å². The highest BCUT2D eigenvalue weighted by molar-refractivity contribution is 5.89. The molecule has 0 radical (unpaired) electrons. The Bertz CT molecular complexity index is 662. The molecule has 0 saturated heterocycles. The summed E-state index contributed by atoms with van der Waals surface area (Å²) in [6.07, 6.45) is 3.31. The Morgan fingerprint density at radius 1 is 1.14 bits per heavy atom. The highest BCUT2D eigenvalue weighted by Crippen LogP contribution is 2.44. The van der Waals surface area contributed by atoms with Crippen LogP contribution in [0.25, 0.3) is 11.1 Å². The van der Waals surface area contributed by atoms with Gasteiger partial charge in [0.05, 0.1) is 0 Å². The van der Waals surface area contributed by atoms with Gasteiger partial charge in [0.25, 0.3) is 0 Å². The van der Waals surface area contributed by atoms with Gasteiger partial charge in [-0.3, -0.25) is 0 Å². The van der Waals surface area contributed by atoms with Crippen LogP contribution >= 0.6 is 0 Å². The monoisotopic (exact) mass is 279 g/mol. The molecule has 2 heteroatoms. The molecule has 1 aliphatic heterocycles. The van der Waals surface area contributed by atoms with Gasteiger partial charge in [0.15, 0.2) is 0 Å². The number of nitrogens with zero attached hydrogens (tertiary/aromatic N) is 1. The molecule has 1 aliphatic rings. The van der Waals surface area contributed by atoms with Gasteiger partial charge in [-0.1, -0.05) is 55.3 Å². The first kappa shape index (κ1) is 13.9. The smallest absolute Gasteiger partial charge is 0.147 e. The largest absolute Gasteiger partial charge is 0.357 e. The van der Waals surface area contributed by atoms with E-state index in [2.05, 4.69) is 61.2 Å². The maximum Gasteiger partial charge on any atom is 0.147 e. The molecule has 0 aliphatic carbocycles. The minimum atomic E-state index is -0.165. The summed E-state index contributed by atoms with van der Waals surface area (Å²) in [5.41, 5.74) is 5.96. The fourth-order valence-electron chi connectivity index (χ4n) is 3.18. The molecule has 0 amide bonds. The van der Waals surface area contributed by atoms with E-state index in [9.17, 15) is 4.79 Å². The molecule has 0 fully saturated rings. The summed E-state index contributed by atoms with van der Waals surface area (Å²) in [4.78, 5) is 14.0. The average Bonchev–Trinajstić information content (AvgIpc) is 2.52. The molecule has 2 aromatic rings. The van der Waals surface area contributed by atoms with Crippen molar-refractivity contribution in [1.82, 2.24) is 0 Å². The van der Waals surface area contributed by atoms with Crippen molar-refractivity contribution in [3.63, 3.8) is 0 Å². The van der Waals surface area contributed by atoms with Crippen LogP contribution < -0.4 is 4.90 Å². The molecule has 1 heterocycles. The Hall–Kier alpha value is -2.09. The minimum absolute atomic E-state index is 0.165. The van der Waals surface area contributed by atoms with Crippen LogP contribution in [-0.2, 0) is 4.79 Å². The van der Waals surface area contributed by atoms with Gasteiger partial charge < -0.3 is 9.69 Å². The SMILES string of the molecule is CCCCN1c2ccccc2-c2ccc(C)cc2C1C=O. The number of carbonyl (C=O) groups is 1. The second kappa shape index (κ2) is 5.72. The van der Waals surface area contributed by atoms with E-state index in [-0.39, 0.29) is 6.04 Å². The van der Waals surface area contributed by atoms with E-state index in [1.165, 1.54) is 22.4 Å².